The zero-order chi connectivity index (χ0) is 21.3. The number of amides is 1. The summed E-state index contributed by atoms with van der Waals surface area (Å²) in [5.41, 5.74) is 2.16. The Bertz CT molecular complexity index is 973. The van der Waals surface area contributed by atoms with Crippen LogP contribution in [0.15, 0.2) is 77.3 Å². The Morgan fingerprint density at radius 3 is 2.43 bits per heavy atom. The molecule has 156 valence electrons. The van der Waals surface area contributed by atoms with Crippen molar-refractivity contribution in [3.63, 3.8) is 0 Å². The second-order valence-electron chi connectivity index (χ2n) is 7.40. The summed E-state index contributed by atoms with van der Waals surface area (Å²) >= 11 is 3.45. The Morgan fingerprint density at radius 1 is 0.933 bits per heavy atom. The van der Waals surface area contributed by atoms with Gasteiger partial charge >= 0.3 is 0 Å². The van der Waals surface area contributed by atoms with Gasteiger partial charge in [0.15, 0.2) is 0 Å². The van der Waals surface area contributed by atoms with Gasteiger partial charge < -0.3 is 14.8 Å². The lowest BCUT2D eigenvalue weighted by molar-refractivity contribution is 0.102. The summed E-state index contributed by atoms with van der Waals surface area (Å²) in [6.07, 6.45) is 0.924. The summed E-state index contributed by atoms with van der Waals surface area (Å²) < 4.78 is 12.7. The first-order valence-corrected chi connectivity index (χ1v) is 10.8. The fourth-order valence-corrected chi connectivity index (χ4v) is 3.19. The molecule has 0 atom stereocenters. The fourth-order valence-electron chi connectivity index (χ4n) is 2.83. The molecule has 0 saturated carbocycles. The highest BCUT2D eigenvalue weighted by Crippen LogP contribution is 2.28. The summed E-state index contributed by atoms with van der Waals surface area (Å²) in [5.74, 6) is 1.48. The molecule has 0 aromatic heterocycles. The molecular weight excluding hydrogens is 442 g/mol. The number of para-hydroxylation sites is 2. The standard InChI is InChI=1S/C25H26BrNO3/c1-18(2)14-15-29-23-13-12-20(26)16-21(23)25(28)27-22-10-6-7-11-24(22)30-17-19-8-4-3-5-9-19/h3-13,16,18H,14-15,17H2,1-2H3,(H,27,28). The van der Waals surface area contributed by atoms with Crippen LogP contribution in [0.2, 0.25) is 0 Å². The average Bonchev–Trinajstić information content (AvgIpc) is 2.74. The van der Waals surface area contributed by atoms with Crippen LogP contribution >= 0.6 is 15.9 Å². The molecule has 0 unspecified atom stereocenters. The number of halogens is 1. The van der Waals surface area contributed by atoms with E-state index in [-0.39, 0.29) is 5.91 Å². The van der Waals surface area contributed by atoms with Gasteiger partial charge in [-0.25, -0.2) is 0 Å². The van der Waals surface area contributed by atoms with E-state index >= 15 is 0 Å². The van der Waals surface area contributed by atoms with Crippen molar-refractivity contribution in [3.8, 4) is 11.5 Å². The molecule has 1 N–H and O–H groups in total. The van der Waals surface area contributed by atoms with Crippen molar-refractivity contribution in [3.05, 3.63) is 88.4 Å². The number of benzene rings is 3. The normalized spacial score (nSPS) is 10.7. The largest absolute Gasteiger partial charge is 0.493 e. The summed E-state index contributed by atoms with van der Waals surface area (Å²) in [5, 5.41) is 2.97. The van der Waals surface area contributed by atoms with Crippen LogP contribution in [-0.2, 0) is 6.61 Å². The molecule has 3 aromatic rings. The minimum atomic E-state index is -0.244. The maximum absolute atomic E-state index is 13.0. The molecule has 0 saturated heterocycles. The highest BCUT2D eigenvalue weighted by molar-refractivity contribution is 9.10. The van der Waals surface area contributed by atoms with Crippen LogP contribution in [0.1, 0.15) is 36.2 Å². The number of nitrogens with one attached hydrogen (secondary N) is 1. The zero-order valence-corrected chi connectivity index (χ0v) is 18.8. The van der Waals surface area contributed by atoms with E-state index in [9.17, 15) is 4.79 Å². The summed E-state index contributed by atoms with van der Waals surface area (Å²) in [6.45, 7) is 5.28. The molecule has 1 amide bonds. The van der Waals surface area contributed by atoms with Gasteiger partial charge in [0.1, 0.15) is 18.1 Å². The lowest BCUT2D eigenvalue weighted by atomic mass is 10.1. The third-order valence-electron chi connectivity index (χ3n) is 4.51. The number of hydrogen-bond acceptors (Lipinski definition) is 3. The molecule has 30 heavy (non-hydrogen) atoms. The Balaban J connectivity index is 1.74. The molecule has 0 spiro atoms. The van der Waals surface area contributed by atoms with Gasteiger partial charge in [-0.3, -0.25) is 4.79 Å². The van der Waals surface area contributed by atoms with E-state index in [2.05, 4.69) is 35.1 Å². The molecule has 0 radical (unpaired) electrons. The monoisotopic (exact) mass is 467 g/mol. The zero-order valence-electron chi connectivity index (χ0n) is 17.2. The van der Waals surface area contributed by atoms with E-state index in [1.807, 2.05) is 66.7 Å². The first kappa shape index (κ1) is 21.9. The molecule has 4 nitrogen and oxygen atoms in total. The number of carbonyl (C=O) groups is 1. The summed E-state index contributed by atoms with van der Waals surface area (Å²) in [7, 11) is 0. The van der Waals surface area contributed by atoms with Gasteiger partial charge in [0, 0.05) is 4.47 Å². The molecule has 3 rings (SSSR count). The second-order valence-corrected chi connectivity index (χ2v) is 8.31. The number of ether oxygens (including phenoxy) is 2. The van der Waals surface area contributed by atoms with E-state index in [0.29, 0.717) is 41.9 Å². The smallest absolute Gasteiger partial charge is 0.259 e. The molecule has 0 aliphatic rings. The third-order valence-corrected chi connectivity index (χ3v) is 5.00. The van der Waals surface area contributed by atoms with Crippen LogP contribution in [-0.4, -0.2) is 12.5 Å². The third kappa shape index (κ3) is 6.36. The van der Waals surface area contributed by atoms with E-state index in [1.165, 1.54) is 0 Å². The van der Waals surface area contributed by atoms with Crippen LogP contribution in [0, 0.1) is 5.92 Å². The summed E-state index contributed by atoms with van der Waals surface area (Å²) in [6, 6.07) is 22.8. The lowest BCUT2D eigenvalue weighted by Crippen LogP contribution is -2.15. The van der Waals surface area contributed by atoms with Crippen molar-refractivity contribution in [2.75, 3.05) is 11.9 Å². The van der Waals surface area contributed by atoms with Gasteiger partial charge in [0.05, 0.1) is 17.9 Å². The van der Waals surface area contributed by atoms with Crippen molar-refractivity contribution in [1.82, 2.24) is 0 Å². The van der Waals surface area contributed by atoms with Gasteiger partial charge in [0.25, 0.3) is 5.91 Å². The molecule has 5 heteroatoms. The highest BCUT2D eigenvalue weighted by Gasteiger charge is 2.16. The fraction of sp³-hybridized carbons (Fsp3) is 0.240. The van der Waals surface area contributed by atoms with Gasteiger partial charge in [-0.2, -0.15) is 0 Å². The van der Waals surface area contributed by atoms with E-state index < -0.39 is 0 Å². The predicted octanol–water partition coefficient (Wildman–Crippen LogP) is 6.71. The molecule has 0 bridgehead atoms. The predicted molar refractivity (Wildman–Crippen MR) is 124 cm³/mol. The Labute approximate surface area is 186 Å². The maximum Gasteiger partial charge on any atom is 0.259 e. The van der Waals surface area contributed by atoms with Gasteiger partial charge in [-0.15, -0.1) is 0 Å². The van der Waals surface area contributed by atoms with Crippen LogP contribution in [0.5, 0.6) is 11.5 Å². The van der Waals surface area contributed by atoms with Crippen LogP contribution in [0.4, 0.5) is 5.69 Å². The van der Waals surface area contributed by atoms with Gasteiger partial charge in [-0.05, 0) is 48.2 Å². The molecule has 0 heterocycles. The molecular formula is C25H26BrNO3. The minimum Gasteiger partial charge on any atom is -0.493 e. The van der Waals surface area contributed by atoms with E-state index in [1.54, 1.807) is 6.07 Å². The summed E-state index contributed by atoms with van der Waals surface area (Å²) in [4.78, 5) is 13.0. The SMILES string of the molecule is CC(C)CCOc1ccc(Br)cc1C(=O)Nc1ccccc1OCc1ccccc1. The maximum atomic E-state index is 13.0. The highest BCUT2D eigenvalue weighted by atomic mass is 79.9. The first-order valence-electron chi connectivity index (χ1n) is 10.0. The van der Waals surface area contributed by atoms with Crippen LogP contribution in [0.25, 0.3) is 0 Å². The quantitative estimate of drug-likeness (QED) is 0.380. The number of rotatable bonds is 9. The van der Waals surface area contributed by atoms with Crippen LogP contribution in [0.3, 0.4) is 0 Å². The number of carbonyl (C=O) groups excluding carboxylic acids is 1. The average molecular weight is 468 g/mol. The topological polar surface area (TPSA) is 47.6 Å². The van der Waals surface area contributed by atoms with Crippen molar-refractivity contribution in [1.29, 1.82) is 0 Å². The first-order chi connectivity index (χ1) is 14.5. The van der Waals surface area contributed by atoms with E-state index in [4.69, 9.17) is 9.47 Å². The van der Waals surface area contributed by atoms with Crippen LogP contribution < -0.4 is 14.8 Å². The second kappa shape index (κ2) is 10.8. The Kier molecular flexibility index (Phi) is 7.91. The number of anilines is 1. The van der Waals surface area contributed by atoms with Crippen molar-refractivity contribution < 1.29 is 14.3 Å². The number of hydrogen-bond donors (Lipinski definition) is 1. The molecule has 0 fully saturated rings. The minimum absolute atomic E-state index is 0.244. The molecule has 0 aliphatic heterocycles. The van der Waals surface area contributed by atoms with Gasteiger partial charge in [-0.1, -0.05) is 72.2 Å². The van der Waals surface area contributed by atoms with E-state index in [0.717, 1.165) is 16.5 Å². The lowest BCUT2D eigenvalue weighted by Gasteiger charge is -2.15. The Hall–Kier alpha value is -2.79. The Morgan fingerprint density at radius 2 is 1.67 bits per heavy atom. The van der Waals surface area contributed by atoms with Crippen molar-refractivity contribution in [2.45, 2.75) is 26.9 Å². The molecule has 0 aliphatic carbocycles. The van der Waals surface area contributed by atoms with Crippen molar-refractivity contribution in [2.24, 2.45) is 5.92 Å². The van der Waals surface area contributed by atoms with Crippen molar-refractivity contribution >= 4 is 27.5 Å². The van der Waals surface area contributed by atoms with Gasteiger partial charge in [0.2, 0.25) is 0 Å². The molecule has 3 aromatic carbocycles.